The lowest BCUT2D eigenvalue weighted by atomic mass is 9.92. The van der Waals surface area contributed by atoms with Crippen LogP contribution in [-0.2, 0) is 0 Å². The second-order valence-corrected chi connectivity index (χ2v) is 7.21. The number of nitrogens with one attached hydrogen (secondary N) is 2. The van der Waals surface area contributed by atoms with Gasteiger partial charge in [0.2, 0.25) is 0 Å². The van der Waals surface area contributed by atoms with Gasteiger partial charge in [0.1, 0.15) is 12.2 Å². The first kappa shape index (κ1) is 17.1. The molecule has 1 fully saturated rings. The first-order valence-corrected chi connectivity index (χ1v) is 8.89. The Kier molecular flexibility index (Phi) is 4.60. The molecule has 25 heavy (non-hydrogen) atoms. The standard InChI is InChI=1S/C17H14Cl3FN4/c18-9-4-5-10(12(20)6-9)14-7-15(25-17(24-14)22-8-23-25)16-11(19)2-1-3-13(16)21/h1-6,8,14-15,17,24H,7H2,(H,22,23). The lowest BCUT2D eigenvalue weighted by molar-refractivity contribution is 0.0381. The van der Waals surface area contributed by atoms with Gasteiger partial charge in [-0.2, -0.15) is 5.01 Å². The summed E-state index contributed by atoms with van der Waals surface area (Å²) in [6.45, 7) is 0. The summed E-state index contributed by atoms with van der Waals surface area (Å²) in [5, 5.41) is 6.78. The average Bonchev–Trinajstić information content (AvgIpc) is 3.03. The maximum atomic E-state index is 14.5. The van der Waals surface area contributed by atoms with Gasteiger partial charge in [-0.25, -0.2) is 9.38 Å². The highest BCUT2D eigenvalue weighted by Gasteiger charge is 2.40. The van der Waals surface area contributed by atoms with Crippen LogP contribution in [0.1, 0.15) is 29.6 Å². The van der Waals surface area contributed by atoms with E-state index in [9.17, 15) is 4.39 Å². The largest absolute Gasteiger partial charge is 0.306 e. The van der Waals surface area contributed by atoms with E-state index in [1.807, 2.05) is 11.1 Å². The van der Waals surface area contributed by atoms with Gasteiger partial charge in [0.25, 0.3) is 0 Å². The normalized spacial score (nSPS) is 25.7. The molecular formula is C17H14Cl3FN4. The topological polar surface area (TPSA) is 39.7 Å². The molecule has 1 saturated heterocycles. The van der Waals surface area contributed by atoms with Crippen LogP contribution in [0, 0.1) is 5.82 Å². The zero-order valence-corrected chi connectivity index (χ0v) is 15.2. The van der Waals surface area contributed by atoms with Crippen molar-refractivity contribution in [3.63, 3.8) is 0 Å². The fourth-order valence-electron chi connectivity index (χ4n) is 3.37. The van der Waals surface area contributed by atoms with E-state index in [0.717, 1.165) is 5.56 Å². The molecule has 2 N–H and O–H groups in total. The van der Waals surface area contributed by atoms with Crippen molar-refractivity contribution < 1.29 is 4.39 Å². The number of halogens is 4. The quantitative estimate of drug-likeness (QED) is 0.769. The van der Waals surface area contributed by atoms with Crippen LogP contribution in [0.15, 0.2) is 41.4 Å². The van der Waals surface area contributed by atoms with Gasteiger partial charge >= 0.3 is 0 Å². The Hall–Kier alpha value is -1.37. The Morgan fingerprint density at radius 2 is 1.96 bits per heavy atom. The van der Waals surface area contributed by atoms with Crippen LogP contribution < -0.4 is 10.7 Å². The summed E-state index contributed by atoms with van der Waals surface area (Å²) in [6, 6.07) is 9.65. The highest BCUT2D eigenvalue weighted by atomic mass is 35.5. The Bertz CT molecular complexity index is 824. The minimum absolute atomic E-state index is 0.122. The highest BCUT2D eigenvalue weighted by Crippen LogP contribution is 2.42. The van der Waals surface area contributed by atoms with E-state index < -0.39 is 0 Å². The van der Waals surface area contributed by atoms with Gasteiger partial charge in [-0.1, -0.05) is 46.9 Å². The minimum Gasteiger partial charge on any atom is -0.306 e. The predicted molar refractivity (Wildman–Crippen MR) is 98.4 cm³/mol. The van der Waals surface area contributed by atoms with E-state index in [-0.39, 0.29) is 24.2 Å². The molecule has 2 aromatic carbocycles. The van der Waals surface area contributed by atoms with E-state index in [1.165, 1.54) is 6.07 Å². The number of hydrogen-bond donors (Lipinski definition) is 2. The average molecular weight is 400 g/mol. The zero-order valence-electron chi connectivity index (χ0n) is 12.9. The third kappa shape index (κ3) is 3.11. The molecule has 4 nitrogen and oxygen atoms in total. The summed E-state index contributed by atoms with van der Waals surface area (Å²) < 4.78 is 14.5. The third-order valence-electron chi connectivity index (χ3n) is 4.50. The molecule has 0 spiro atoms. The second-order valence-electron chi connectivity index (χ2n) is 5.96. The number of hydrogen-bond acceptors (Lipinski definition) is 4. The van der Waals surface area contributed by atoms with Crippen molar-refractivity contribution in [3.05, 3.63) is 68.4 Å². The van der Waals surface area contributed by atoms with Gasteiger partial charge in [0.15, 0.2) is 6.29 Å². The molecule has 130 valence electrons. The first-order valence-electron chi connectivity index (χ1n) is 7.75. The summed E-state index contributed by atoms with van der Waals surface area (Å²) in [7, 11) is 0. The summed E-state index contributed by atoms with van der Waals surface area (Å²) >= 11 is 18.7. The van der Waals surface area contributed by atoms with Crippen LogP contribution in [0.25, 0.3) is 0 Å². The van der Waals surface area contributed by atoms with E-state index >= 15 is 0 Å². The van der Waals surface area contributed by atoms with Crippen molar-refractivity contribution in [2.24, 2.45) is 4.99 Å². The molecule has 0 radical (unpaired) electrons. The molecule has 2 aliphatic rings. The lowest BCUT2D eigenvalue weighted by Crippen LogP contribution is -2.54. The number of fused-ring (bicyclic) bond motifs is 1. The molecule has 8 heteroatoms. The van der Waals surface area contributed by atoms with Crippen LogP contribution in [0.5, 0.6) is 0 Å². The van der Waals surface area contributed by atoms with Crippen molar-refractivity contribution >= 4 is 41.1 Å². The fourth-order valence-corrected chi connectivity index (χ4v) is 4.20. The molecule has 0 aromatic heterocycles. The summed E-state index contributed by atoms with van der Waals surface area (Å²) in [4.78, 5) is 4.36. The Labute approximate surface area is 159 Å². The van der Waals surface area contributed by atoms with Crippen LogP contribution >= 0.6 is 34.8 Å². The molecule has 0 aliphatic carbocycles. The van der Waals surface area contributed by atoms with Crippen molar-refractivity contribution in [2.75, 3.05) is 0 Å². The van der Waals surface area contributed by atoms with Gasteiger partial charge in [0.05, 0.1) is 6.04 Å². The molecule has 3 unspecified atom stereocenters. The van der Waals surface area contributed by atoms with Crippen LogP contribution in [-0.4, -0.2) is 17.6 Å². The lowest BCUT2D eigenvalue weighted by Gasteiger charge is -2.41. The van der Waals surface area contributed by atoms with E-state index in [2.05, 4.69) is 15.7 Å². The van der Waals surface area contributed by atoms with Crippen LogP contribution in [0.2, 0.25) is 15.1 Å². The maximum absolute atomic E-state index is 14.5. The SMILES string of the molecule is Fc1cccc(Cl)c1C1CC(c2ccc(Cl)cc2Cl)NC2N=CNN21. The number of benzene rings is 2. The summed E-state index contributed by atoms with van der Waals surface area (Å²) in [5.41, 5.74) is 4.40. The summed E-state index contributed by atoms with van der Waals surface area (Å²) in [6.07, 6.45) is 1.81. The molecular weight excluding hydrogens is 386 g/mol. The number of nitrogens with zero attached hydrogens (tertiary/aromatic N) is 2. The molecule has 0 bridgehead atoms. The van der Waals surface area contributed by atoms with Gasteiger partial charge in [-0.15, -0.1) is 0 Å². The molecule has 2 aromatic rings. The fraction of sp³-hybridized carbons (Fsp3) is 0.235. The van der Waals surface area contributed by atoms with Gasteiger partial charge in [0, 0.05) is 26.7 Å². The maximum Gasteiger partial charge on any atom is 0.175 e. The molecule has 2 heterocycles. The molecule has 3 atom stereocenters. The predicted octanol–water partition coefficient (Wildman–Crippen LogP) is 4.69. The van der Waals surface area contributed by atoms with Crippen LogP contribution in [0.4, 0.5) is 4.39 Å². The summed E-state index contributed by atoms with van der Waals surface area (Å²) in [5.74, 6) is -0.340. The molecule has 0 saturated carbocycles. The smallest absolute Gasteiger partial charge is 0.175 e. The minimum atomic E-state index is -0.342. The van der Waals surface area contributed by atoms with Crippen molar-refractivity contribution in [1.82, 2.24) is 15.8 Å². The Morgan fingerprint density at radius 1 is 1.12 bits per heavy atom. The molecule has 2 aliphatic heterocycles. The van der Waals surface area contributed by atoms with E-state index in [1.54, 1.807) is 30.6 Å². The van der Waals surface area contributed by atoms with E-state index in [4.69, 9.17) is 34.8 Å². The van der Waals surface area contributed by atoms with Crippen molar-refractivity contribution in [1.29, 1.82) is 0 Å². The molecule has 0 amide bonds. The third-order valence-corrected chi connectivity index (χ3v) is 5.39. The monoisotopic (exact) mass is 398 g/mol. The molecule has 4 rings (SSSR count). The van der Waals surface area contributed by atoms with E-state index in [0.29, 0.717) is 27.1 Å². The Balaban J connectivity index is 1.74. The Morgan fingerprint density at radius 3 is 2.72 bits per heavy atom. The van der Waals surface area contributed by atoms with Gasteiger partial charge in [-0.3, -0.25) is 5.32 Å². The van der Waals surface area contributed by atoms with Crippen molar-refractivity contribution in [3.8, 4) is 0 Å². The first-order chi connectivity index (χ1) is 12.0. The van der Waals surface area contributed by atoms with Crippen molar-refractivity contribution in [2.45, 2.75) is 24.8 Å². The zero-order chi connectivity index (χ0) is 17.6. The van der Waals surface area contributed by atoms with Crippen LogP contribution in [0.3, 0.4) is 0 Å². The van der Waals surface area contributed by atoms with Gasteiger partial charge < -0.3 is 5.43 Å². The number of aliphatic imine (C=N–C) groups is 1. The van der Waals surface area contributed by atoms with Gasteiger partial charge in [-0.05, 0) is 36.2 Å². The number of rotatable bonds is 2. The number of hydrazine groups is 1. The highest BCUT2D eigenvalue weighted by molar-refractivity contribution is 6.35. The second kappa shape index (κ2) is 6.74.